The van der Waals surface area contributed by atoms with Gasteiger partial charge in [0.15, 0.2) is 0 Å². The Labute approximate surface area is 272 Å². The third-order valence-corrected chi connectivity index (χ3v) is 9.77. The molecule has 1 aromatic heterocycles. The van der Waals surface area contributed by atoms with E-state index in [0.717, 1.165) is 63.6 Å². The van der Waals surface area contributed by atoms with Crippen molar-refractivity contribution in [3.63, 3.8) is 0 Å². The van der Waals surface area contributed by atoms with E-state index in [0.29, 0.717) is 6.54 Å². The van der Waals surface area contributed by atoms with Crippen LogP contribution in [0.4, 0.5) is 4.79 Å². The third-order valence-electron chi connectivity index (χ3n) is 9.77. The number of benzene rings is 3. The summed E-state index contributed by atoms with van der Waals surface area (Å²) < 4.78 is 24.4. The minimum atomic E-state index is -0.445. The maximum absolute atomic E-state index is 12.1. The van der Waals surface area contributed by atoms with Gasteiger partial charge in [-0.2, -0.15) is 0 Å². The first-order valence-corrected chi connectivity index (χ1v) is 16.2. The summed E-state index contributed by atoms with van der Waals surface area (Å²) in [5, 5.41) is 2.85. The Hall–Kier alpha value is -4.08. The van der Waals surface area contributed by atoms with Crippen molar-refractivity contribution in [3.05, 3.63) is 95.3 Å². The van der Waals surface area contributed by atoms with Gasteiger partial charge < -0.3 is 29.1 Å². The predicted molar refractivity (Wildman–Crippen MR) is 181 cm³/mol. The Morgan fingerprint density at radius 3 is 2.41 bits per heavy atom. The van der Waals surface area contributed by atoms with Gasteiger partial charge >= 0.3 is 13.2 Å². The molecule has 2 aliphatic rings. The van der Waals surface area contributed by atoms with Crippen LogP contribution < -0.4 is 15.5 Å². The van der Waals surface area contributed by atoms with Crippen molar-refractivity contribution in [1.29, 1.82) is 0 Å². The van der Waals surface area contributed by atoms with E-state index in [9.17, 15) is 4.79 Å². The van der Waals surface area contributed by atoms with Crippen molar-refractivity contribution >= 4 is 18.7 Å². The summed E-state index contributed by atoms with van der Waals surface area (Å²) in [6.07, 6.45) is 3.24. The number of carbonyl (C=O) groups is 1. The summed E-state index contributed by atoms with van der Waals surface area (Å²) >= 11 is 0. The highest BCUT2D eigenvalue weighted by Crippen LogP contribution is 2.48. The minimum Gasteiger partial charge on any atom is -0.457 e. The zero-order chi connectivity index (χ0) is 32.7. The van der Waals surface area contributed by atoms with E-state index in [1.54, 1.807) is 0 Å². The molecule has 8 nitrogen and oxygen atoms in total. The lowest BCUT2D eigenvalue weighted by molar-refractivity contribution is 0.00578. The molecule has 2 N–H and O–H groups in total. The molecule has 46 heavy (non-hydrogen) atoms. The summed E-state index contributed by atoms with van der Waals surface area (Å²) in [5.74, 6) is 2.74. The smallest absolute Gasteiger partial charge is 0.457 e. The first kappa shape index (κ1) is 31.9. The number of hydrogen-bond donors (Lipinski definition) is 2. The Kier molecular flexibility index (Phi) is 8.50. The molecule has 0 unspecified atom stereocenters. The second kappa shape index (κ2) is 12.3. The number of rotatable bonds is 9. The Morgan fingerprint density at radius 2 is 1.67 bits per heavy atom. The van der Waals surface area contributed by atoms with Crippen LogP contribution >= 0.6 is 0 Å². The molecule has 1 atom stereocenters. The quantitative estimate of drug-likeness (QED) is 0.148. The number of fused-ring (bicyclic) bond motifs is 2. The van der Waals surface area contributed by atoms with E-state index in [1.165, 1.54) is 0 Å². The number of ether oxygens (including phenoxy) is 2. The number of nitrogens with zero attached hydrogens (tertiary/aromatic N) is 1. The van der Waals surface area contributed by atoms with Gasteiger partial charge in [0.25, 0.3) is 0 Å². The molecule has 1 saturated heterocycles. The molecule has 0 aliphatic carbocycles. The van der Waals surface area contributed by atoms with Gasteiger partial charge in [0.1, 0.15) is 23.9 Å². The molecule has 3 heterocycles. The molecule has 1 fully saturated rings. The molecule has 9 heteroatoms. The summed E-state index contributed by atoms with van der Waals surface area (Å²) in [5.41, 5.74) is 5.11. The van der Waals surface area contributed by atoms with Gasteiger partial charge in [0.05, 0.1) is 11.2 Å². The minimum absolute atomic E-state index is 0.255. The number of imidazole rings is 1. The molecule has 3 aromatic carbocycles. The molecular weight excluding hydrogens is 577 g/mol. The molecule has 0 radical (unpaired) electrons. The SMILES string of the molecule is C[C@@H](CCCNC(=O)OCc1ccccc1)c1cnc(-c2ccc3c(c2)C(C)(C)c2ccc(B4OC(C)(C)C(C)(C)O4)cc2O3)[nH]1. The van der Waals surface area contributed by atoms with E-state index in [4.69, 9.17) is 23.8 Å². The highest BCUT2D eigenvalue weighted by molar-refractivity contribution is 6.62. The molecule has 240 valence electrons. The van der Waals surface area contributed by atoms with Crippen LogP contribution in [0.15, 0.2) is 72.9 Å². The second-order valence-electron chi connectivity index (χ2n) is 14.0. The van der Waals surface area contributed by atoms with Crippen molar-refractivity contribution in [1.82, 2.24) is 15.3 Å². The van der Waals surface area contributed by atoms with E-state index in [-0.39, 0.29) is 17.9 Å². The number of amides is 1. The number of aromatic nitrogens is 2. The highest BCUT2D eigenvalue weighted by atomic mass is 16.7. The third kappa shape index (κ3) is 6.31. The maximum atomic E-state index is 12.1. The molecule has 6 rings (SSSR count). The number of H-pyrrole nitrogens is 1. The van der Waals surface area contributed by atoms with Crippen LogP contribution in [0.2, 0.25) is 0 Å². The van der Waals surface area contributed by atoms with E-state index in [1.807, 2.05) is 42.6 Å². The summed E-state index contributed by atoms with van der Waals surface area (Å²) in [6.45, 7) is 15.7. The van der Waals surface area contributed by atoms with Gasteiger partial charge in [0.2, 0.25) is 0 Å². The Morgan fingerprint density at radius 1 is 0.935 bits per heavy atom. The van der Waals surface area contributed by atoms with Crippen molar-refractivity contribution in [2.24, 2.45) is 0 Å². The van der Waals surface area contributed by atoms with Crippen LogP contribution in [0.5, 0.6) is 11.5 Å². The zero-order valence-electron chi connectivity index (χ0n) is 27.9. The van der Waals surface area contributed by atoms with E-state index < -0.39 is 24.4 Å². The lowest BCUT2D eigenvalue weighted by Crippen LogP contribution is -2.41. The van der Waals surface area contributed by atoms with Gasteiger partial charge in [-0.25, -0.2) is 9.78 Å². The van der Waals surface area contributed by atoms with Crippen LogP contribution in [0.25, 0.3) is 11.4 Å². The first-order valence-electron chi connectivity index (χ1n) is 16.2. The fourth-order valence-corrected chi connectivity index (χ4v) is 6.04. The molecule has 0 spiro atoms. The Bertz CT molecular complexity index is 1700. The fourth-order valence-electron chi connectivity index (χ4n) is 6.04. The number of carbonyl (C=O) groups excluding carboxylic acids is 1. The predicted octanol–water partition coefficient (Wildman–Crippen LogP) is 7.62. The average molecular weight is 622 g/mol. The fraction of sp³-hybridized carbons (Fsp3) is 0.405. The van der Waals surface area contributed by atoms with Crippen molar-refractivity contribution in [3.8, 4) is 22.9 Å². The van der Waals surface area contributed by atoms with Crippen LogP contribution in [-0.4, -0.2) is 40.9 Å². The van der Waals surface area contributed by atoms with Crippen molar-refractivity contribution in [2.45, 2.75) is 90.4 Å². The molecule has 1 amide bonds. The largest absolute Gasteiger partial charge is 0.494 e. The van der Waals surface area contributed by atoms with E-state index in [2.05, 4.69) is 89.1 Å². The maximum Gasteiger partial charge on any atom is 0.494 e. The van der Waals surface area contributed by atoms with Crippen molar-refractivity contribution in [2.75, 3.05) is 6.54 Å². The molecule has 2 aliphatic heterocycles. The van der Waals surface area contributed by atoms with Crippen LogP contribution in [0.3, 0.4) is 0 Å². The number of aromatic amines is 1. The molecule has 4 aromatic rings. The number of hydrogen-bond acceptors (Lipinski definition) is 6. The molecule has 0 bridgehead atoms. The van der Waals surface area contributed by atoms with Crippen LogP contribution in [0, 0.1) is 0 Å². The lowest BCUT2D eigenvalue weighted by Gasteiger charge is -2.35. The van der Waals surface area contributed by atoms with Gasteiger partial charge in [0, 0.05) is 40.5 Å². The van der Waals surface area contributed by atoms with E-state index >= 15 is 0 Å². The Balaban J connectivity index is 1.07. The van der Waals surface area contributed by atoms with Gasteiger partial charge in [-0.15, -0.1) is 0 Å². The topological polar surface area (TPSA) is 94.7 Å². The van der Waals surface area contributed by atoms with Gasteiger partial charge in [-0.3, -0.25) is 0 Å². The first-order chi connectivity index (χ1) is 21.8. The average Bonchev–Trinajstić information content (AvgIpc) is 3.60. The summed E-state index contributed by atoms with van der Waals surface area (Å²) in [4.78, 5) is 20.3. The highest BCUT2D eigenvalue weighted by Gasteiger charge is 2.52. The van der Waals surface area contributed by atoms with Crippen molar-refractivity contribution < 1.29 is 23.6 Å². The molecular formula is C37H44BN3O5. The normalized spacial score (nSPS) is 17.8. The monoisotopic (exact) mass is 621 g/mol. The summed E-state index contributed by atoms with van der Waals surface area (Å²) in [6, 6.07) is 22.2. The standard InChI is InChI=1S/C37H44BN3O5/c1-24(12-11-19-39-34(42)43-23-25-13-9-8-10-14-25)30-22-40-33(41-30)26-15-18-31-29(20-26)35(2,3)28-17-16-27(21-32(28)44-31)38-45-36(4,5)37(6,7)46-38/h8-10,13-18,20-22,24H,11-12,19,23H2,1-7H3,(H,39,42)(H,40,41)/t24-/m0/s1. The van der Waals surface area contributed by atoms with Crippen LogP contribution in [-0.2, 0) is 26.1 Å². The number of alkyl carbamates (subject to hydrolysis) is 1. The zero-order valence-corrected chi connectivity index (χ0v) is 27.9. The molecule has 0 saturated carbocycles. The van der Waals surface area contributed by atoms with Gasteiger partial charge in [-0.1, -0.05) is 63.2 Å². The summed E-state index contributed by atoms with van der Waals surface area (Å²) in [7, 11) is -0.445. The van der Waals surface area contributed by atoms with Crippen LogP contribution in [0.1, 0.15) is 89.6 Å². The van der Waals surface area contributed by atoms with Gasteiger partial charge in [-0.05, 0) is 81.7 Å². The lowest BCUT2D eigenvalue weighted by atomic mass is 9.72. The number of nitrogens with one attached hydrogen (secondary N) is 2. The second-order valence-corrected chi connectivity index (χ2v) is 14.0.